The SMILES string of the molecule is [CH2]CCOc1ccc2ccc(Cl)cc2c1. The molecule has 77 valence electrons. The van der Waals surface area contributed by atoms with Crippen LogP contribution in [0.15, 0.2) is 36.4 Å². The Labute approximate surface area is 94.6 Å². The highest BCUT2D eigenvalue weighted by Crippen LogP contribution is 2.23. The smallest absolute Gasteiger partial charge is 0.119 e. The Morgan fingerprint density at radius 1 is 1.07 bits per heavy atom. The van der Waals surface area contributed by atoms with Gasteiger partial charge in [0.05, 0.1) is 6.61 Å². The van der Waals surface area contributed by atoms with E-state index in [2.05, 4.69) is 6.92 Å². The predicted octanol–water partition coefficient (Wildman–Crippen LogP) is 4.10. The minimum Gasteiger partial charge on any atom is -0.494 e. The zero-order chi connectivity index (χ0) is 10.7. The third-order valence-corrected chi connectivity index (χ3v) is 2.42. The van der Waals surface area contributed by atoms with E-state index in [1.165, 1.54) is 5.39 Å². The van der Waals surface area contributed by atoms with Crippen molar-refractivity contribution in [3.8, 4) is 5.75 Å². The zero-order valence-corrected chi connectivity index (χ0v) is 9.13. The van der Waals surface area contributed by atoms with Crippen LogP contribution in [0.25, 0.3) is 10.8 Å². The number of ether oxygens (including phenoxy) is 1. The van der Waals surface area contributed by atoms with Gasteiger partial charge in [0, 0.05) is 5.02 Å². The molecule has 0 fully saturated rings. The molecule has 0 unspecified atom stereocenters. The van der Waals surface area contributed by atoms with E-state index in [1.54, 1.807) is 0 Å². The summed E-state index contributed by atoms with van der Waals surface area (Å²) in [5.41, 5.74) is 0. The summed E-state index contributed by atoms with van der Waals surface area (Å²) in [6, 6.07) is 11.8. The Balaban J connectivity index is 2.36. The molecule has 0 saturated carbocycles. The van der Waals surface area contributed by atoms with Crippen LogP contribution in [0.4, 0.5) is 0 Å². The summed E-state index contributed by atoms with van der Waals surface area (Å²) in [5, 5.41) is 3.02. The molecule has 0 N–H and O–H groups in total. The van der Waals surface area contributed by atoms with Crippen molar-refractivity contribution < 1.29 is 4.74 Å². The molecule has 2 aromatic carbocycles. The van der Waals surface area contributed by atoms with Crippen LogP contribution in [-0.4, -0.2) is 6.61 Å². The summed E-state index contributed by atoms with van der Waals surface area (Å²) < 4.78 is 5.50. The van der Waals surface area contributed by atoms with Crippen LogP contribution < -0.4 is 4.74 Å². The lowest BCUT2D eigenvalue weighted by atomic mass is 10.1. The lowest BCUT2D eigenvalue weighted by Crippen LogP contribution is -1.94. The second-order valence-electron chi connectivity index (χ2n) is 3.36. The van der Waals surface area contributed by atoms with Gasteiger partial charge >= 0.3 is 0 Å². The molecule has 0 atom stereocenters. The van der Waals surface area contributed by atoms with Gasteiger partial charge in [0.1, 0.15) is 5.75 Å². The number of hydrogen-bond donors (Lipinski definition) is 0. The Bertz CT molecular complexity index is 465. The number of hydrogen-bond acceptors (Lipinski definition) is 1. The van der Waals surface area contributed by atoms with Crippen molar-refractivity contribution in [2.75, 3.05) is 6.61 Å². The highest BCUT2D eigenvalue weighted by molar-refractivity contribution is 6.31. The summed E-state index contributed by atoms with van der Waals surface area (Å²) in [7, 11) is 0. The van der Waals surface area contributed by atoms with Crippen LogP contribution in [0, 0.1) is 6.92 Å². The molecule has 0 aromatic heterocycles. The standard InChI is InChI=1S/C13H12ClO/c1-2-7-15-13-6-4-10-3-5-12(14)8-11(10)9-13/h3-6,8-9H,1-2,7H2. The number of benzene rings is 2. The maximum Gasteiger partial charge on any atom is 0.119 e. The molecule has 0 amide bonds. The molecule has 0 heterocycles. The molecule has 2 rings (SSSR count). The Morgan fingerprint density at radius 2 is 1.87 bits per heavy atom. The van der Waals surface area contributed by atoms with Crippen molar-refractivity contribution in [1.29, 1.82) is 0 Å². The van der Waals surface area contributed by atoms with E-state index >= 15 is 0 Å². The van der Waals surface area contributed by atoms with Crippen LogP contribution in [0.1, 0.15) is 6.42 Å². The first-order valence-electron chi connectivity index (χ1n) is 4.91. The third-order valence-electron chi connectivity index (χ3n) is 2.19. The molecular weight excluding hydrogens is 208 g/mol. The molecule has 15 heavy (non-hydrogen) atoms. The van der Waals surface area contributed by atoms with Gasteiger partial charge in [-0.2, -0.15) is 0 Å². The van der Waals surface area contributed by atoms with E-state index in [4.69, 9.17) is 16.3 Å². The Kier molecular flexibility index (Phi) is 3.12. The average Bonchev–Trinajstić information content (AvgIpc) is 2.25. The van der Waals surface area contributed by atoms with Crippen LogP contribution >= 0.6 is 11.6 Å². The van der Waals surface area contributed by atoms with Crippen LogP contribution in [0.3, 0.4) is 0 Å². The maximum absolute atomic E-state index is 5.92. The van der Waals surface area contributed by atoms with Gasteiger partial charge in [-0.25, -0.2) is 0 Å². The highest BCUT2D eigenvalue weighted by atomic mass is 35.5. The topological polar surface area (TPSA) is 9.23 Å². The average molecular weight is 220 g/mol. The van der Waals surface area contributed by atoms with Crippen LogP contribution in [0.2, 0.25) is 5.02 Å². The van der Waals surface area contributed by atoms with Crippen LogP contribution in [-0.2, 0) is 0 Å². The number of rotatable bonds is 3. The number of halogens is 1. The van der Waals surface area contributed by atoms with Gasteiger partial charge in [0.2, 0.25) is 0 Å². The largest absolute Gasteiger partial charge is 0.494 e. The van der Waals surface area contributed by atoms with Gasteiger partial charge in [-0.05, 0) is 48.4 Å². The highest BCUT2D eigenvalue weighted by Gasteiger charge is 1.97. The molecule has 0 aliphatic rings. The van der Waals surface area contributed by atoms with Gasteiger partial charge in [0.15, 0.2) is 0 Å². The summed E-state index contributed by atoms with van der Waals surface area (Å²) >= 11 is 5.92. The molecule has 2 aromatic rings. The quantitative estimate of drug-likeness (QED) is 0.756. The fraction of sp³-hybridized carbons (Fsp3) is 0.154. The minimum atomic E-state index is 0.645. The summed E-state index contributed by atoms with van der Waals surface area (Å²) in [6.45, 7) is 4.38. The van der Waals surface area contributed by atoms with Gasteiger partial charge in [-0.3, -0.25) is 0 Å². The Morgan fingerprint density at radius 3 is 2.67 bits per heavy atom. The molecule has 0 saturated heterocycles. The van der Waals surface area contributed by atoms with Crippen molar-refractivity contribution in [1.82, 2.24) is 0 Å². The van der Waals surface area contributed by atoms with Crippen molar-refractivity contribution in [3.05, 3.63) is 48.3 Å². The molecule has 1 radical (unpaired) electrons. The summed E-state index contributed by atoms with van der Waals surface area (Å²) in [6.07, 6.45) is 0.771. The first kappa shape index (κ1) is 10.3. The fourth-order valence-electron chi connectivity index (χ4n) is 1.48. The van der Waals surface area contributed by atoms with Crippen molar-refractivity contribution in [2.24, 2.45) is 0 Å². The van der Waals surface area contributed by atoms with E-state index in [9.17, 15) is 0 Å². The third kappa shape index (κ3) is 2.42. The van der Waals surface area contributed by atoms with Gasteiger partial charge < -0.3 is 4.74 Å². The second kappa shape index (κ2) is 4.54. The molecule has 0 bridgehead atoms. The molecule has 2 heteroatoms. The van der Waals surface area contributed by atoms with Crippen LogP contribution in [0.5, 0.6) is 5.75 Å². The first-order chi connectivity index (χ1) is 7.29. The fourth-order valence-corrected chi connectivity index (χ4v) is 1.66. The van der Waals surface area contributed by atoms with Crippen molar-refractivity contribution >= 4 is 22.4 Å². The molecular formula is C13H12ClO. The maximum atomic E-state index is 5.92. The van der Waals surface area contributed by atoms with Crippen molar-refractivity contribution in [2.45, 2.75) is 6.42 Å². The minimum absolute atomic E-state index is 0.645. The molecule has 1 nitrogen and oxygen atoms in total. The van der Waals surface area contributed by atoms with Gasteiger partial charge in [0.25, 0.3) is 0 Å². The van der Waals surface area contributed by atoms with Crippen molar-refractivity contribution in [3.63, 3.8) is 0 Å². The first-order valence-corrected chi connectivity index (χ1v) is 5.29. The normalized spacial score (nSPS) is 10.5. The predicted molar refractivity (Wildman–Crippen MR) is 64.4 cm³/mol. The second-order valence-corrected chi connectivity index (χ2v) is 3.79. The zero-order valence-electron chi connectivity index (χ0n) is 8.37. The molecule has 0 aliphatic carbocycles. The summed E-state index contributed by atoms with van der Waals surface area (Å²) in [4.78, 5) is 0. The molecule has 0 spiro atoms. The van der Waals surface area contributed by atoms with E-state index in [0.717, 1.165) is 22.6 Å². The lowest BCUT2D eigenvalue weighted by molar-refractivity contribution is 0.325. The van der Waals surface area contributed by atoms with E-state index in [-0.39, 0.29) is 0 Å². The number of fused-ring (bicyclic) bond motifs is 1. The monoisotopic (exact) mass is 219 g/mol. The van der Waals surface area contributed by atoms with E-state index in [1.807, 2.05) is 36.4 Å². The molecule has 0 aliphatic heterocycles. The summed E-state index contributed by atoms with van der Waals surface area (Å²) in [5.74, 6) is 0.869. The van der Waals surface area contributed by atoms with E-state index in [0.29, 0.717) is 6.61 Å². The Hall–Kier alpha value is -1.21. The van der Waals surface area contributed by atoms with E-state index < -0.39 is 0 Å². The van der Waals surface area contributed by atoms with Gasteiger partial charge in [-0.1, -0.05) is 23.7 Å². The van der Waals surface area contributed by atoms with Gasteiger partial charge in [-0.15, -0.1) is 0 Å². The lowest BCUT2D eigenvalue weighted by Gasteiger charge is -2.05.